The molecule has 1 atom stereocenters. The van der Waals surface area contributed by atoms with Gasteiger partial charge >= 0.3 is 5.97 Å². The maximum absolute atomic E-state index is 12.0. The Kier molecular flexibility index (Phi) is 6.08. The van der Waals surface area contributed by atoms with Crippen molar-refractivity contribution >= 4 is 16.2 Å². The smallest absolute Gasteiger partial charge is 0.304 e. The average molecular weight is 266 g/mol. The lowest BCUT2D eigenvalue weighted by molar-refractivity contribution is -0.137. The van der Waals surface area contributed by atoms with Crippen LogP contribution in [0.3, 0.4) is 0 Å². The Bertz CT molecular complexity index is 353. The van der Waals surface area contributed by atoms with Crippen LogP contribution in [0.5, 0.6) is 0 Å². The topological polar surface area (TPSA) is 77.9 Å². The van der Waals surface area contributed by atoms with Crippen LogP contribution in [0.1, 0.15) is 27.2 Å². The highest BCUT2D eigenvalue weighted by molar-refractivity contribution is 7.86. The average Bonchev–Trinajstić information content (AvgIpc) is 2.23. The van der Waals surface area contributed by atoms with Gasteiger partial charge in [-0.1, -0.05) is 13.8 Å². The van der Waals surface area contributed by atoms with Crippen LogP contribution >= 0.6 is 0 Å². The molecule has 17 heavy (non-hydrogen) atoms. The van der Waals surface area contributed by atoms with Crippen molar-refractivity contribution in [2.75, 3.05) is 20.6 Å². The van der Waals surface area contributed by atoms with Crippen molar-refractivity contribution in [1.82, 2.24) is 8.61 Å². The number of hydrogen-bond acceptors (Lipinski definition) is 3. The lowest BCUT2D eigenvalue weighted by Gasteiger charge is -2.30. The van der Waals surface area contributed by atoms with Gasteiger partial charge in [-0.2, -0.15) is 17.0 Å². The van der Waals surface area contributed by atoms with E-state index in [4.69, 9.17) is 5.11 Å². The molecule has 0 aromatic carbocycles. The number of rotatable bonds is 7. The highest BCUT2D eigenvalue weighted by atomic mass is 32.2. The summed E-state index contributed by atoms with van der Waals surface area (Å²) in [5.41, 5.74) is 0. The first kappa shape index (κ1) is 16.3. The molecule has 0 aliphatic rings. The van der Waals surface area contributed by atoms with Crippen LogP contribution in [0.25, 0.3) is 0 Å². The van der Waals surface area contributed by atoms with E-state index in [1.165, 1.54) is 18.4 Å². The third-order valence-electron chi connectivity index (χ3n) is 2.94. The highest BCUT2D eigenvalue weighted by Gasteiger charge is 2.29. The Morgan fingerprint density at radius 1 is 1.24 bits per heavy atom. The SMILES string of the molecule is CC(C)C(C)N(C)S(=O)(=O)N(C)CCC(=O)O. The minimum absolute atomic E-state index is 0.0210. The Morgan fingerprint density at radius 2 is 1.71 bits per heavy atom. The maximum Gasteiger partial charge on any atom is 0.304 e. The summed E-state index contributed by atoms with van der Waals surface area (Å²) in [7, 11) is -0.674. The van der Waals surface area contributed by atoms with E-state index in [9.17, 15) is 13.2 Å². The Balaban J connectivity index is 4.71. The molecular formula is C10H22N2O4S. The Morgan fingerprint density at radius 3 is 2.06 bits per heavy atom. The molecule has 0 fully saturated rings. The predicted octanol–water partition coefficient (Wildman–Crippen LogP) is 0.614. The van der Waals surface area contributed by atoms with Crippen molar-refractivity contribution in [1.29, 1.82) is 0 Å². The minimum atomic E-state index is -3.58. The molecule has 102 valence electrons. The minimum Gasteiger partial charge on any atom is -0.481 e. The quantitative estimate of drug-likeness (QED) is 0.732. The van der Waals surface area contributed by atoms with Crippen LogP contribution in [0, 0.1) is 5.92 Å². The molecule has 1 unspecified atom stereocenters. The van der Waals surface area contributed by atoms with Crippen LogP contribution in [0.15, 0.2) is 0 Å². The lowest BCUT2D eigenvalue weighted by Crippen LogP contribution is -2.46. The summed E-state index contributed by atoms with van der Waals surface area (Å²) in [4.78, 5) is 10.4. The summed E-state index contributed by atoms with van der Waals surface area (Å²) in [5, 5.41) is 8.53. The van der Waals surface area contributed by atoms with Gasteiger partial charge in [0, 0.05) is 26.7 Å². The molecule has 0 aliphatic heterocycles. The van der Waals surface area contributed by atoms with Crippen molar-refractivity contribution in [3.8, 4) is 0 Å². The first-order valence-electron chi connectivity index (χ1n) is 5.51. The number of nitrogens with zero attached hydrogens (tertiary/aromatic N) is 2. The second-order valence-electron chi connectivity index (χ2n) is 4.47. The van der Waals surface area contributed by atoms with Crippen molar-refractivity contribution in [3.63, 3.8) is 0 Å². The van der Waals surface area contributed by atoms with E-state index in [1.54, 1.807) is 0 Å². The molecule has 0 radical (unpaired) electrons. The van der Waals surface area contributed by atoms with Crippen LogP contribution in [0.2, 0.25) is 0 Å². The first-order chi connectivity index (χ1) is 7.60. The zero-order valence-electron chi connectivity index (χ0n) is 11.0. The molecule has 0 saturated heterocycles. The summed E-state index contributed by atoms with van der Waals surface area (Å²) in [6.07, 6.45) is -0.195. The fourth-order valence-electron chi connectivity index (χ4n) is 1.22. The summed E-state index contributed by atoms with van der Waals surface area (Å²) in [5.74, 6) is -0.811. The normalized spacial score (nSPS) is 14.6. The second-order valence-corrected chi connectivity index (χ2v) is 6.57. The molecule has 0 amide bonds. The molecule has 0 bridgehead atoms. The molecule has 0 saturated carbocycles. The van der Waals surface area contributed by atoms with Crippen molar-refractivity contribution in [2.45, 2.75) is 33.2 Å². The zero-order chi connectivity index (χ0) is 13.8. The van der Waals surface area contributed by atoms with Crippen molar-refractivity contribution in [2.24, 2.45) is 5.92 Å². The Hall–Kier alpha value is -0.660. The van der Waals surface area contributed by atoms with Gasteiger partial charge in [0.25, 0.3) is 10.2 Å². The third kappa shape index (κ3) is 4.61. The van der Waals surface area contributed by atoms with E-state index < -0.39 is 16.2 Å². The number of hydrogen-bond donors (Lipinski definition) is 1. The summed E-state index contributed by atoms with van der Waals surface area (Å²) in [6, 6.07) is -0.132. The van der Waals surface area contributed by atoms with E-state index >= 15 is 0 Å². The van der Waals surface area contributed by atoms with E-state index in [2.05, 4.69) is 0 Å². The van der Waals surface area contributed by atoms with E-state index in [0.717, 1.165) is 4.31 Å². The van der Waals surface area contributed by atoms with E-state index in [1.807, 2.05) is 20.8 Å². The highest BCUT2D eigenvalue weighted by Crippen LogP contribution is 2.14. The standard InChI is InChI=1S/C10H22N2O4S/c1-8(2)9(3)12(5)17(15,16)11(4)7-6-10(13)14/h8-9H,6-7H2,1-5H3,(H,13,14). The second kappa shape index (κ2) is 6.32. The monoisotopic (exact) mass is 266 g/mol. The third-order valence-corrected chi connectivity index (χ3v) is 4.97. The van der Waals surface area contributed by atoms with Crippen LogP contribution < -0.4 is 0 Å². The van der Waals surface area contributed by atoms with Gasteiger partial charge in [0.15, 0.2) is 0 Å². The fourth-order valence-corrected chi connectivity index (χ4v) is 2.64. The lowest BCUT2D eigenvalue weighted by atomic mass is 10.1. The van der Waals surface area contributed by atoms with Gasteiger partial charge in [0.05, 0.1) is 6.42 Å². The molecule has 0 heterocycles. The van der Waals surface area contributed by atoms with E-state index in [0.29, 0.717) is 0 Å². The fraction of sp³-hybridized carbons (Fsp3) is 0.900. The van der Waals surface area contributed by atoms with Gasteiger partial charge in [-0.25, -0.2) is 0 Å². The summed E-state index contributed by atoms with van der Waals surface area (Å²) in [6.45, 7) is 5.68. The summed E-state index contributed by atoms with van der Waals surface area (Å²) >= 11 is 0. The van der Waals surface area contributed by atoms with Gasteiger partial charge in [-0.3, -0.25) is 4.79 Å². The van der Waals surface area contributed by atoms with Gasteiger partial charge in [0.1, 0.15) is 0 Å². The van der Waals surface area contributed by atoms with Crippen molar-refractivity contribution in [3.05, 3.63) is 0 Å². The molecule has 7 heteroatoms. The first-order valence-corrected chi connectivity index (χ1v) is 6.91. The zero-order valence-corrected chi connectivity index (χ0v) is 11.9. The van der Waals surface area contributed by atoms with Gasteiger partial charge in [-0.15, -0.1) is 0 Å². The predicted molar refractivity (Wildman–Crippen MR) is 65.9 cm³/mol. The molecule has 0 aromatic heterocycles. The van der Waals surface area contributed by atoms with Gasteiger partial charge < -0.3 is 5.11 Å². The molecule has 6 nitrogen and oxygen atoms in total. The van der Waals surface area contributed by atoms with Crippen molar-refractivity contribution < 1.29 is 18.3 Å². The number of carboxylic acids is 1. The van der Waals surface area contributed by atoms with Crippen LogP contribution in [-0.4, -0.2) is 54.8 Å². The van der Waals surface area contributed by atoms with Gasteiger partial charge in [-0.05, 0) is 12.8 Å². The molecule has 0 spiro atoms. The Labute approximate surface area is 103 Å². The number of aliphatic carboxylic acids is 1. The number of carbonyl (C=O) groups is 1. The van der Waals surface area contributed by atoms with E-state index in [-0.39, 0.29) is 24.9 Å². The maximum atomic E-state index is 12.0. The summed E-state index contributed by atoms with van der Waals surface area (Å²) < 4.78 is 26.4. The number of carboxylic acid groups (broad SMARTS) is 1. The van der Waals surface area contributed by atoms with Crippen LogP contribution in [-0.2, 0) is 15.0 Å². The molecule has 0 aliphatic carbocycles. The molecule has 1 N–H and O–H groups in total. The molecule has 0 rings (SSSR count). The van der Waals surface area contributed by atoms with Crippen LogP contribution in [0.4, 0.5) is 0 Å². The molecule has 0 aromatic rings. The largest absolute Gasteiger partial charge is 0.481 e. The van der Waals surface area contributed by atoms with Gasteiger partial charge in [0.2, 0.25) is 0 Å². The molecular weight excluding hydrogens is 244 g/mol.